The average molecular weight is 261 g/mol. The molecule has 1 aromatic rings. The lowest BCUT2D eigenvalue weighted by Crippen LogP contribution is -2.19. The van der Waals surface area contributed by atoms with Gasteiger partial charge in [0.25, 0.3) is 0 Å². The van der Waals surface area contributed by atoms with Crippen molar-refractivity contribution in [3.8, 4) is 5.75 Å². The third kappa shape index (κ3) is 5.29. The Hall–Kier alpha value is -1.39. The molecule has 0 amide bonds. The number of alkyl halides is 3. The second-order valence-corrected chi connectivity index (χ2v) is 4.17. The van der Waals surface area contributed by atoms with Gasteiger partial charge in [0.2, 0.25) is 0 Å². The number of halogens is 3. The van der Waals surface area contributed by atoms with Gasteiger partial charge in [-0.2, -0.15) is 0 Å². The van der Waals surface area contributed by atoms with E-state index in [9.17, 15) is 13.2 Å². The Morgan fingerprint density at radius 1 is 1.11 bits per heavy atom. The van der Waals surface area contributed by atoms with E-state index in [2.05, 4.69) is 11.7 Å². The van der Waals surface area contributed by atoms with Crippen LogP contribution < -0.4 is 9.64 Å². The van der Waals surface area contributed by atoms with Crippen molar-refractivity contribution in [3.63, 3.8) is 0 Å². The maximum absolute atomic E-state index is 12.0. The number of benzene rings is 1. The summed E-state index contributed by atoms with van der Waals surface area (Å²) in [5, 5.41) is 0. The number of ether oxygens (including phenoxy) is 1. The first-order valence-corrected chi connectivity index (χ1v) is 5.99. The minimum Gasteiger partial charge on any atom is -0.406 e. The van der Waals surface area contributed by atoms with Gasteiger partial charge in [0.15, 0.2) is 0 Å². The van der Waals surface area contributed by atoms with Gasteiger partial charge >= 0.3 is 6.36 Å². The van der Waals surface area contributed by atoms with Crippen molar-refractivity contribution in [1.29, 1.82) is 0 Å². The van der Waals surface area contributed by atoms with Gasteiger partial charge in [-0.25, -0.2) is 0 Å². The van der Waals surface area contributed by atoms with Gasteiger partial charge in [-0.3, -0.25) is 0 Å². The molecule has 0 fully saturated rings. The van der Waals surface area contributed by atoms with Crippen molar-refractivity contribution in [3.05, 3.63) is 24.3 Å². The molecule has 0 atom stereocenters. The van der Waals surface area contributed by atoms with Crippen molar-refractivity contribution in [2.45, 2.75) is 32.5 Å². The Kier molecular flexibility index (Phi) is 5.31. The molecule has 102 valence electrons. The van der Waals surface area contributed by atoms with Crippen LogP contribution in [0.25, 0.3) is 0 Å². The number of anilines is 1. The average Bonchev–Trinajstić information content (AvgIpc) is 2.28. The maximum Gasteiger partial charge on any atom is 0.573 e. The standard InChI is InChI=1S/C13H18F3NO/c1-3-4-5-10-17(2)11-6-8-12(9-7-11)18-13(14,15)16/h6-9H,3-5,10H2,1-2H3. The van der Waals surface area contributed by atoms with E-state index < -0.39 is 6.36 Å². The highest BCUT2D eigenvalue weighted by molar-refractivity contribution is 5.48. The summed E-state index contributed by atoms with van der Waals surface area (Å²) in [5.74, 6) is -0.187. The molecule has 18 heavy (non-hydrogen) atoms. The van der Waals surface area contributed by atoms with E-state index in [0.717, 1.165) is 31.5 Å². The van der Waals surface area contributed by atoms with E-state index in [4.69, 9.17) is 0 Å². The smallest absolute Gasteiger partial charge is 0.406 e. The molecule has 0 N–H and O–H groups in total. The number of unbranched alkanes of at least 4 members (excludes halogenated alkanes) is 2. The predicted molar refractivity (Wildman–Crippen MR) is 65.9 cm³/mol. The van der Waals surface area contributed by atoms with Gasteiger partial charge in [0, 0.05) is 19.3 Å². The van der Waals surface area contributed by atoms with E-state index in [1.165, 1.54) is 12.1 Å². The maximum atomic E-state index is 12.0. The summed E-state index contributed by atoms with van der Waals surface area (Å²) >= 11 is 0. The normalized spacial score (nSPS) is 11.4. The van der Waals surface area contributed by atoms with Crippen molar-refractivity contribution < 1.29 is 17.9 Å². The predicted octanol–water partition coefficient (Wildman–Crippen LogP) is 4.21. The van der Waals surface area contributed by atoms with E-state index in [0.29, 0.717) is 0 Å². The number of rotatable bonds is 6. The molecule has 5 heteroatoms. The van der Waals surface area contributed by atoms with Crippen LogP contribution in [-0.4, -0.2) is 20.0 Å². The summed E-state index contributed by atoms with van der Waals surface area (Å²) in [6.07, 6.45) is -1.26. The summed E-state index contributed by atoms with van der Waals surface area (Å²) in [7, 11) is 1.93. The Bertz CT molecular complexity index is 348. The second kappa shape index (κ2) is 6.52. The van der Waals surface area contributed by atoms with Gasteiger partial charge in [0.05, 0.1) is 0 Å². The van der Waals surface area contributed by atoms with Gasteiger partial charge in [0.1, 0.15) is 5.75 Å². The topological polar surface area (TPSA) is 12.5 Å². The SMILES string of the molecule is CCCCCN(C)c1ccc(OC(F)(F)F)cc1. The first-order valence-electron chi connectivity index (χ1n) is 5.99. The fraction of sp³-hybridized carbons (Fsp3) is 0.538. The van der Waals surface area contributed by atoms with Gasteiger partial charge in [-0.15, -0.1) is 13.2 Å². The minimum absolute atomic E-state index is 0.187. The van der Waals surface area contributed by atoms with Gasteiger partial charge < -0.3 is 9.64 Å². The van der Waals surface area contributed by atoms with Crippen LogP contribution in [0, 0.1) is 0 Å². The van der Waals surface area contributed by atoms with Crippen LogP contribution in [0.15, 0.2) is 24.3 Å². The van der Waals surface area contributed by atoms with Gasteiger partial charge in [-0.05, 0) is 30.7 Å². The van der Waals surface area contributed by atoms with Crippen LogP contribution >= 0.6 is 0 Å². The lowest BCUT2D eigenvalue weighted by Gasteiger charge is -2.19. The Morgan fingerprint density at radius 2 is 1.72 bits per heavy atom. The molecule has 0 aliphatic heterocycles. The van der Waals surface area contributed by atoms with Crippen molar-refractivity contribution in [2.24, 2.45) is 0 Å². The monoisotopic (exact) mass is 261 g/mol. The third-order valence-corrected chi connectivity index (χ3v) is 2.61. The van der Waals surface area contributed by atoms with E-state index >= 15 is 0 Å². The van der Waals surface area contributed by atoms with Gasteiger partial charge in [-0.1, -0.05) is 19.8 Å². The molecule has 0 heterocycles. The Labute approximate surface area is 105 Å². The fourth-order valence-electron chi connectivity index (χ4n) is 1.63. The zero-order valence-corrected chi connectivity index (χ0v) is 10.6. The second-order valence-electron chi connectivity index (χ2n) is 4.17. The number of hydrogen-bond acceptors (Lipinski definition) is 2. The molecule has 0 bridgehead atoms. The van der Waals surface area contributed by atoms with Crippen LogP contribution in [0.4, 0.5) is 18.9 Å². The van der Waals surface area contributed by atoms with Crippen LogP contribution in [-0.2, 0) is 0 Å². The van der Waals surface area contributed by atoms with E-state index in [-0.39, 0.29) is 5.75 Å². The lowest BCUT2D eigenvalue weighted by atomic mass is 10.2. The van der Waals surface area contributed by atoms with Crippen molar-refractivity contribution in [2.75, 3.05) is 18.5 Å². The molecule has 0 saturated heterocycles. The van der Waals surface area contributed by atoms with Crippen LogP contribution in [0.1, 0.15) is 26.2 Å². The Morgan fingerprint density at radius 3 is 2.22 bits per heavy atom. The van der Waals surface area contributed by atoms with E-state index in [1.54, 1.807) is 12.1 Å². The number of nitrogens with zero attached hydrogens (tertiary/aromatic N) is 1. The summed E-state index contributed by atoms with van der Waals surface area (Å²) in [6.45, 7) is 3.02. The first-order chi connectivity index (χ1) is 8.42. The summed E-state index contributed by atoms with van der Waals surface area (Å²) < 4.78 is 39.7. The third-order valence-electron chi connectivity index (χ3n) is 2.61. The molecule has 1 rings (SSSR count). The molecule has 2 nitrogen and oxygen atoms in total. The highest BCUT2D eigenvalue weighted by Gasteiger charge is 2.30. The zero-order chi connectivity index (χ0) is 13.6. The fourth-order valence-corrected chi connectivity index (χ4v) is 1.63. The summed E-state index contributed by atoms with van der Waals surface area (Å²) in [6, 6.07) is 5.93. The molecular formula is C13H18F3NO. The highest BCUT2D eigenvalue weighted by atomic mass is 19.4. The van der Waals surface area contributed by atoms with Crippen LogP contribution in [0.3, 0.4) is 0 Å². The molecule has 0 aliphatic carbocycles. The van der Waals surface area contributed by atoms with Crippen LogP contribution in [0.5, 0.6) is 5.75 Å². The molecule has 0 aliphatic rings. The Balaban J connectivity index is 2.54. The summed E-state index contributed by atoms with van der Waals surface area (Å²) in [4.78, 5) is 2.02. The quantitative estimate of drug-likeness (QED) is 0.711. The van der Waals surface area contributed by atoms with Crippen molar-refractivity contribution >= 4 is 5.69 Å². The lowest BCUT2D eigenvalue weighted by molar-refractivity contribution is -0.274. The minimum atomic E-state index is -4.63. The zero-order valence-electron chi connectivity index (χ0n) is 10.6. The highest BCUT2D eigenvalue weighted by Crippen LogP contribution is 2.25. The van der Waals surface area contributed by atoms with Crippen molar-refractivity contribution in [1.82, 2.24) is 0 Å². The van der Waals surface area contributed by atoms with Crippen LogP contribution in [0.2, 0.25) is 0 Å². The largest absolute Gasteiger partial charge is 0.573 e. The molecule has 0 radical (unpaired) electrons. The number of hydrogen-bond donors (Lipinski definition) is 0. The molecule has 0 aromatic heterocycles. The molecule has 0 saturated carbocycles. The molecular weight excluding hydrogens is 243 g/mol. The first kappa shape index (κ1) is 14.7. The van der Waals surface area contributed by atoms with E-state index in [1.807, 2.05) is 11.9 Å². The molecule has 1 aromatic carbocycles. The molecule has 0 spiro atoms. The molecule has 0 unspecified atom stereocenters. The summed E-state index contributed by atoms with van der Waals surface area (Å²) in [5.41, 5.74) is 0.889.